The highest BCUT2D eigenvalue weighted by Crippen LogP contribution is 2.55. The van der Waals surface area contributed by atoms with Crippen LogP contribution in [0.5, 0.6) is 5.75 Å². The number of halogens is 3. The number of aromatic amines is 1. The molecule has 4 N–H and O–H groups in total. The first-order chi connectivity index (χ1) is 21.7. The molecule has 46 heavy (non-hydrogen) atoms. The molecule has 1 aromatic heterocycles. The largest absolute Gasteiger partial charge is 0.483 e. The molecule has 0 radical (unpaired) electrons. The lowest BCUT2D eigenvalue weighted by Crippen LogP contribution is -2.33. The molecular weight excluding hydrogens is 670 g/mol. The molecule has 0 spiro atoms. The average molecular weight is 691 g/mol. The lowest BCUT2D eigenvalue weighted by Gasteiger charge is -2.30. The molecule has 3 unspecified atom stereocenters. The van der Waals surface area contributed by atoms with Crippen molar-refractivity contribution in [1.82, 2.24) is 4.98 Å². The van der Waals surface area contributed by atoms with Gasteiger partial charge in [-0.1, -0.05) is 53.4 Å². The van der Waals surface area contributed by atoms with E-state index in [2.05, 4.69) is 10.3 Å². The van der Waals surface area contributed by atoms with Crippen LogP contribution in [0.15, 0.2) is 87.5 Å². The van der Waals surface area contributed by atoms with E-state index in [0.717, 1.165) is 41.3 Å². The summed E-state index contributed by atoms with van der Waals surface area (Å²) < 4.78 is 70.5. The van der Waals surface area contributed by atoms with Gasteiger partial charge in [-0.2, -0.15) is 13.2 Å². The molecule has 3 aromatic carbocycles. The topological polar surface area (TPSA) is 169 Å². The second-order valence-electron chi connectivity index (χ2n) is 10.2. The number of sulfonamides is 1. The van der Waals surface area contributed by atoms with Crippen molar-refractivity contribution in [2.75, 3.05) is 16.8 Å². The molecule has 238 valence electrons. The third kappa shape index (κ3) is 5.81. The number of carbonyl (C=O) groups is 3. The number of alkyl halides is 3. The molecule has 2 aliphatic rings. The number of aromatic nitrogens is 1. The van der Waals surface area contributed by atoms with Crippen LogP contribution in [-0.2, 0) is 30.6 Å². The van der Waals surface area contributed by atoms with Crippen molar-refractivity contribution in [3.8, 4) is 5.75 Å². The van der Waals surface area contributed by atoms with Gasteiger partial charge in [-0.05, 0) is 42.5 Å². The first-order valence-corrected chi connectivity index (χ1v) is 16.6. The Morgan fingerprint density at radius 2 is 1.65 bits per heavy atom. The molecule has 0 aliphatic carbocycles. The number of ether oxygens (including phenoxy) is 1. The first-order valence-electron chi connectivity index (χ1n) is 13.3. The smallest absolute Gasteiger partial charge is 0.418 e. The highest BCUT2D eigenvalue weighted by molar-refractivity contribution is 8.00. The molecular formula is C29H21F3N4O7S3. The number of nitrogens with zero attached hydrogens (tertiary/aromatic N) is 1. The van der Waals surface area contributed by atoms with Crippen molar-refractivity contribution < 1.29 is 40.7 Å². The van der Waals surface area contributed by atoms with Crippen LogP contribution < -0.4 is 25.0 Å². The van der Waals surface area contributed by atoms with Gasteiger partial charge in [-0.25, -0.2) is 18.5 Å². The maximum atomic E-state index is 14.0. The number of primary sulfonamides is 1. The number of thiazole rings is 1. The van der Waals surface area contributed by atoms with Crippen LogP contribution >= 0.6 is 23.1 Å². The fourth-order valence-corrected chi connectivity index (χ4v) is 8.46. The number of fused-ring (bicyclic) bond motifs is 2. The third-order valence-electron chi connectivity index (χ3n) is 7.35. The van der Waals surface area contributed by atoms with E-state index < -0.39 is 73.7 Å². The monoisotopic (exact) mass is 690 g/mol. The summed E-state index contributed by atoms with van der Waals surface area (Å²) in [6, 6.07) is 15.8. The quantitative estimate of drug-likeness (QED) is 0.245. The number of anilines is 2. The van der Waals surface area contributed by atoms with Crippen LogP contribution in [-0.4, -0.2) is 43.0 Å². The number of nitrogens with two attached hydrogens (primary N) is 1. The summed E-state index contributed by atoms with van der Waals surface area (Å²) in [5, 5.41) is 6.80. The number of hydrogen-bond acceptors (Lipinski definition) is 9. The van der Waals surface area contributed by atoms with E-state index in [0.29, 0.717) is 20.4 Å². The van der Waals surface area contributed by atoms with E-state index in [1.54, 1.807) is 18.2 Å². The highest BCUT2D eigenvalue weighted by atomic mass is 32.2. The zero-order valence-electron chi connectivity index (χ0n) is 23.1. The van der Waals surface area contributed by atoms with Crippen molar-refractivity contribution in [3.05, 3.63) is 98.5 Å². The van der Waals surface area contributed by atoms with Gasteiger partial charge in [0.05, 0.1) is 27.1 Å². The summed E-state index contributed by atoms with van der Waals surface area (Å²) in [5.41, 5.74) is -1.13. The zero-order chi connectivity index (χ0) is 33.0. The van der Waals surface area contributed by atoms with Crippen LogP contribution in [0.1, 0.15) is 21.9 Å². The van der Waals surface area contributed by atoms with E-state index in [4.69, 9.17) is 9.88 Å². The van der Waals surface area contributed by atoms with Gasteiger partial charge in [0.15, 0.2) is 6.61 Å². The molecule has 6 rings (SSSR count). The second-order valence-corrected chi connectivity index (χ2v) is 13.9. The normalized spacial score (nSPS) is 19.5. The zero-order valence-corrected chi connectivity index (χ0v) is 25.6. The maximum Gasteiger partial charge on any atom is 0.418 e. The van der Waals surface area contributed by atoms with Gasteiger partial charge in [0, 0.05) is 22.0 Å². The SMILES string of the molecule is NS(=O)(=O)c1ccc(NC(=O)COc2ccccc2C2c3sc(=O)[nH]c3SC3C(=O)N(c4ccccc4C(F)(F)F)C(=O)C32)cc1. The number of carbonyl (C=O) groups excluding carboxylic acids is 3. The molecule has 4 aromatic rings. The van der Waals surface area contributed by atoms with Crippen LogP contribution in [0.2, 0.25) is 0 Å². The lowest BCUT2D eigenvalue weighted by molar-refractivity contribution is -0.137. The van der Waals surface area contributed by atoms with E-state index in [1.807, 2.05) is 0 Å². The summed E-state index contributed by atoms with van der Waals surface area (Å²) in [6.07, 6.45) is -4.84. The minimum absolute atomic E-state index is 0.138. The predicted octanol–water partition coefficient (Wildman–Crippen LogP) is 3.92. The number of H-pyrrole nitrogens is 1. The van der Waals surface area contributed by atoms with Crippen molar-refractivity contribution >= 4 is 62.2 Å². The Hall–Kier alpha value is -4.45. The van der Waals surface area contributed by atoms with E-state index >= 15 is 0 Å². The number of para-hydroxylation sites is 2. The van der Waals surface area contributed by atoms with Crippen molar-refractivity contribution in [2.24, 2.45) is 11.1 Å². The van der Waals surface area contributed by atoms with Gasteiger partial charge in [0.1, 0.15) is 11.0 Å². The van der Waals surface area contributed by atoms with E-state index in [9.17, 15) is 40.8 Å². The maximum absolute atomic E-state index is 14.0. The molecule has 0 saturated carbocycles. The Kier molecular flexibility index (Phi) is 8.04. The third-order valence-corrected chi connectivity index (χ3v) is 10.7. The molecule has 11 nitrogen and oxygen atoms in total. The Balaban J connectivity index is 1.32. The number of hydrogen-bond donors (Lipinski definition) is 3. The lowest BCUT2D eigenvalue weighted by atomic mass is 9.82. The predicted molar refractivity (Wildman–Crippen MR) is 162 cm³/mol. The molecule has 3 heterocycles. The molecule has 3 atom stereocenters. The summed E-state index contributed by atoms with van der Waals surface area (Å²) in [6.45, 7) is -0.530. The van der Waals surface area contributed by atoms with E-state index in [1.165, 1.54) is 36.4 Å². The number of imide groups is 1. The summed E-state index contributed by atoms with van der Waals surface area (Å²) in [7, 11) is -3.93. The fourth-order valence-electron chi connectivity index (χ4n) is 5.44. The molecule has 17 heteroatoms. The molecule has 0 bridgehead atoms. The van der Waals surface area contributed by atoms with Gasteiger partial charge in [0.2, 0.25) is 21.8 Å². The minimum Gasteiger partial charge on any atom is -0.483 e. The fraction of sp³-hybridized carbons (Fsp3) is 0.172. The van der Waals surface area contributed by atoms with Crippen LogP contribution in [0.25, 0.3) is 0 Å². The van der Waals surface area contributed by atoms with Crippen LogP contribution in [0.3, 0.4) is 0 Å². The van der Waals surface area contributed by atoms with Gasteiger partial charge in [-0.3, -0.25) is 19.2 Å². The Bertz CT molecular complexity index is 2050. The van der Waals surface area contributed by atoms with Crippen molar-refractivity contribution in [1.29, 1.82) is 0 Å². The Morgan fingerprint density at radius 3 is 2.35 bits per heavy atom. The van der Waals surface area contributed by atoms with Gasteiger partial charge in [-0.15, -0.1) is 0 Å². The van der Waals surface area contributed by atoms with Crippen LogP contribution in [0.4, 0.5) is 24.5 Å². The van der Waals surface area contributed by atoms with Crippen molar-refractivity contribution in [3.63, 3.8) is 0 Å². The molecule has 1 fully saturated rings. The second kappa shape index (κ2) is 11.7. The Morgan fingerprint density at radius 1 is 0.978 bits per heavy atom. The highest BCUT2D eigenvalue weighted by Gasteiger charge is 2.57. The summed E-state index contributed by atoms with van der Waals surface area (Å²) >= 11 is 1.72. The average Bonchev–Trinajstić information content (AvgIpc) is 3.49. The number of rotatable bonds is 7. The minimum atomic E-state index is -4.84. The molecule has 2 aliphatic heterocycles. The number of thioether (sulfide) groups is 1. The van der Waals surface area contributed by atoms with Crippen molar-refractivity contribution in [2.45, 2.75) is 27.3 Å². The number of amides is 3. The molecule has 1 saturated heterocycles. The molecule has 3 amide bonds. The first kappa shape index (κ1) is 31.5. The summed E-state index contributed by atoms with van der Waals surface area (Å²) in [4.78, 5) is 55.8. The van der Waals surface area contributed by atoms with E-state index in [-0.39, 0.29) is 16.3 Å². The van der Waals surface area contributed by atoms with Gasteiger partial charge in [0.25, 0.3) is 5.91 Å². The van der Waals surface area contributed by atoms with Crippen LogP contribution in [0, 0.1) is 5.92 Å². The number of nitrogens with one attached hydrogen (secondary N) is 2. The van der Waals surface area contributed by atoms with Gasteiger partial charge < -0.3 is 15.0 Å². The summed E-state index contributed by atoms with van der Waals surface area (Å²) in [5.74, 6) is -4.39. The Labute approximate surface area is 266 Å². The number of benzene rings is 3. The standard InChI is InChI=1S/C29H21F3N4O7S3/c30-29(31,32)17-6-2-3-7-18(17)36-26(38)22-21(23-25(35-28(40)45-23)44-24(22)27(36)39)16-5-1-4-8-19(16)43-13-20(37)34-14-9-11-15(12-10-14)46(33,41)42/h1-12,21-22,24H,13H2,(H,34,37)(H,35,40)(H2,33,41,42). The van der Waals surface area contributed by atoms with Gasteiger partial charge >= 0.3 is 11.0 Å².